The number of halogens is 1. The summed E-state index contributed by atoms with van der Waals surface area (Å²) < 4.78 is 0.830. The highest BCUT2D eigenvalue weighted by Gasteiger charge is 2.22. The molecule has 1 atom stereocenters. The Morgan fingerprint density at radius 2 is 1.90 bits per heavy atom. The Hall–Kier alpha value is -1.36. The molecule has 2 heterocycles. The van der Waals surface area contributed by atoms with Gasteiger partial charge in [0, 0.05) is 25.1 Å². The predicted octanol–water partition coefficient (Wildman–Crippen LogP) is 3.48. The molecule has 0 radical (unpaired) electrons. The van der Waals surface area contributed by atoms with Gasteiger partial charge in [-0.15, -0.1) is 0 Å². The summed E-state index contributed by atoms with van der Waals surface area (Å²) in [6, 6.07) is 7.70. The number of amides is 1. The van der Waals surface area contributed by atoms with Crippen molar-refractivity contribution in [3.63, 3.8) is 0 Å². The minimum Gasteiger partial charge on any atom is -0.386 e. The van der Waals surface area contributed by atoms with Gasteiger partial charge in [-0.25, -0.2) is 0 Å². The Kier molecular flexibility index (Phi) is 4.05. The standard InChI is InChI=1S/C15H17BrN2O2/c16-14-10-13(20-17-14)11-4-6-12(7-5-11)15(19)18-8-2-1-3-9-18/h4-7,13H,1-3,8-10H2/t13-/m1/s1. The lowest BCUT2D eigenvalue weighted by atomic mass is 10.0. The summed E-state index contributed by atoms with van der Waals surface area (Å²) >= 11 is 3.33. The SMILES string of the molecule is O=C(c1ccc([C@H]2CC(Br)=NO2)cc1)N1CCCCC1. The van der Waals surface area contributed by atoms with Gasteiger partial charge in [0.05, 0.1) is 0 Å². The predicted molar refractivity (Wildman–Crippen MR) is 81.0 cm³/mol. The first-order valence-electron chi connectivity index (χ1n) is 7.01. The van der Waals surface area contributed by atoms with Crippen molar-refractivity contribution < 1.29 is 9.63 Å². The van der Waals surface area contributed by atoms with E-state index < -0.39 is 0 Å². The number of oxime groups is 1. The minimum atomic E-state index is -0.0384. The second-order valence-electron chi connectivity index (χ2n) is 5.24. The fraction of sp³-hybridized carbons (Fsp3) is 0.467. The number of piperidine rings is 1. The summed E-state index contributed by atoms with van der Waals surface area (Å²) in [5.74, 6) is 0.140. The van der Waals surface area contributed by atoms with E-state index in [1.165, 1.54) is 6.42 Å². The van der Waals surface area contributed by atoms with Crippen LogP contribution in [0.25, 0.3) is 0 Å². The normalized spacial score (nSPS) is 22.4. The monoisotopic (exact) mass is 336 g/mol. The molecule has 0 bridgehead atoms. The zero-order chi connectivity index (χ0) is 13.9. The Labute approximate surface area is 126 Å². The summed E-state index contributed by atoms with van der Waals surface area (Å²) in [5.41, 5.74) is 1.81. The number of likely N-dealkylation sites (tertiary alicyclic amines) is 1. The summed E-state index contributed by atoms with van der Waals surface area (Å²) in [6.07, 6.45) is 4.18. The van der Waals surface area contributed by atoms with Crippen LogP contribution in [0.3, 0.4) is 0 Å². The van der Waals surface area contributed by atoms with Crippen molar-refractivity contribution in [3.8, 4) is 0 Å². The zero-order valence-electron chi connectivity index (χ0n) is 11.2. The molecule has 0 spiro atoms. The summed E-state index contributed by atoms with van der Waals surface area (Å²) in [7, 11) is 0. The number of carbonyl (C=O) groups is 1. The highest BCUT2D eigenvalue weighted by Crippen LogP contribution is 2.29. The van der Waals surface area contributed by atoms with Crippen LogP contribution in [0.2, 0.25) is 0 Å². The van der Waals surface area contributed by atoms with E-state index in [1.807, 2.05) is 29.2 Å². The highest BCUT2D eigenvalue weighted by molar-refractivity contribution is 9.18. The summed E-state index contributed by atoms with van der Waals surface area (Å²) in [5, 5.41) is 3.88. The number of nitrogens with zero attached hydrogens (tertiary/aromatic N) is 2. The number of benzene rings is 1. The third kappa shape index (κ3) is 2.87. The zero-order valence-corrected chi connectivity index (χ0v) is 12.8. The van der Waals surface area contributed by atoms with Gasteiger partial charge in [-0.3, -0.25) is 4.79 Å². The average molecular weight is 337 g/mol. The smallest absolute Gasteiger partial charge is 0.253 e. The highest BCUT2D eigenvalue weighted by atomic mass is 79.9. The van der Waals surface area contributed by atoms with Crippen LogP contribution in [0.1, 0.15) is 47.7 Å². The molecule has 0 unspecified atom stereocenters. The van der Waals surface area contributed by atoms with Crippen molar-refractivity contribution in [2.24, 2.45) is 5.16 Å². The maximum atomic E-state index is 12.3. The topological polar surface area (TPSA) is 41.9 Å². The van der Waals surface area contributed by atoms with Crippen LogP contribution >= 0.6 is 15.9 Å². The first-order valence-corrected chi connectivity index (χ1v) is 7.81. The molecule has 1 saturated heterocycles. The minimum absolute atomic E-state index is 0.0384. The lowest BCUT2D eigenvalue weighted by molar-refractivity contribution is 0.0723. The van der Waals surface area contributed by atoms with Crippen molar-refractivity contribution in [3.05, 3.63) is 35.4 Å². The molecule has 5 heteroatoms. The van der Waals surface area contributed by atoms with Crippen LogP contribution in [0.4, 0.5) is 0 Å². The summed E-state index contributed by atoms with van der Waals surface area (Å²) in [6.45, 7) is 1.76. The maximum absolute atomic E-state index is 12.3. The summed E-state index contributed by atoms with van der Waals surface area (Å²) in [4.78, 5) is 19.6. The Morgan fingerprint density at radius 3 is 2.50 bits per heavy atom. The van der Waals surface area contributed by atoms with E-state index >= 15 is 0 Å². The fourth-order valence-electron chi connectivity index (χ4n) is 2.65. The van der Waals surface area contributed by atoms with E-state index in [2.05, 4.69) is 21.1 Å². The third-order valence-electron chi connectivity index (χ3n) is 3.81. The first-order chi connectivity index (χ1) is 9.74. The Balaban J connectivity index is 1.68. The largest absolute Gasteiger partial charge is 0.386 e. The van der Waals surface area contributed by atoms with Crippen molar-refractivity contribution in [1.82, 2.24) is 4.90 Å². The van der Waals surface area contributed by atoms with Gasteiger partial charge in [-0.1, -0.05) is 17.3 Å². The third-order valence-corrected chi connectivity index (χ3v) is 4.27. The molecular weight excluding hydrogens is 320 g/mol. The average Bonchev–Trinajstić information content (AvgIpc) is 2.94. The van der Waals surface area contributed by atoms with E-state index in [4.69, 9.17) is 4.84 Å². The van der Waals surface area contributed by atoms with Gasteiger partial charge in [-0.2, -0.15) is 0 Å². The van der Waals surface area contributed by atoms with E-state index in [0.717, 1.165) is 48.1 Å². The van der Waals surface area contributed by atoms with Crippen molar-refractivity contribution in [2.45, 2.75) is 31.8 Å². The molecule has 1 aromatic carbocycles. The lowest BCUT2D eigenvalue weighted by Gasteiger charge is -2.26. The molecule has 0 aromatic heterocycles. The maximum Gasteiger partial charge on any atom is 0.253 e. The molecule has 106 valence electrons. The molecule has 20 heavy (non-hydrogen) atoms. The Morgan fingerprint density at radius 1 is 1.20 bits per heavy atom. The van der Waals surface area contributed by atoms with Crippen molar-refractivity contribution in [1.29, 1.82) is 0 Å². The van der Waals surface area contributed by atoms with Crippen LogP contribution < -0.4 is 0 Å². The number of rotatable bonds is 2. The van der Waals surface area contributed by atoms with E-state index in [9.17, 15) is 4.79 Å². The number of hydrogen-bond acceptors (Lipinski definition) is 3. The van der Waals surface area contributed by atoms with Gasteiger partial charge in [0.15, 0.2) is 6.10 Å². The molecule has 0 N–H and O–H groups in total. The van der Waals surface area contributed by atoms with Gasteiger partial charge >= 0.3 is 0 Å². The molecule has 4 nitrogen and oxygen atoms in total. The number of hydrogen-bond donors (Lipinski definition) is 0. The van der Waals surface area contributed by atoms with Crippen LogP contribution in [-0.4, -0.2) is 28.5 Å². The molecule has 0 aliphatic carbocycles. The molecule has 1 fully saturated rings. The fourth-order valence-corrected chi connectivity index (χ4v) is 3.02. The van der Waals surface area contributed by atoms with E-state index in [-0.39, 0.29) is 12.0 Å². The lowest BCUT2D eigenvalue weighted by Crippen LogP contribution is -2.35. The molecule has 3 rings (SSSR count). The number of carbonyl (C=O) groups excluding carboxylic acids is 1. The molecule has 1 aromatic rings. The van der Waals surface area contributed by atoms with Gasteiger partial charge in [-0.05, 0) is 52.9 Å². The quantitative estimate of drug-likeness (QED) is 0.829. The molecule has 1 amide bonds. The second-order valence-corrected chi connectivity index (χ2v) is 6.16. The second kappa shape index (κ2) is 5.95. The van der Waals surface area contributed by atoms with E-state index in [1.54, 1.807) is 0 Å². The molecule has 2 aliphatic rings. The van der Waals surface area contributed by atoms with Gasteiger partial charge in [0.1, 0.15) is 4.62 Å². The van der Waals surface area contributed by atoms with Crippen LogP contribution in [-0.2, 0) is 4.84 Å². The first kappa shape index (κ1) is 13.6. The van der Waals surface area contributed by atoms with Crippen LogP contribution in [0, 0.1) is 0 Å². The van der Waals surface area contributed by atoms with Crippen LogP contribution in [0.5, 0.6) is 0 Å². The molecule has 2 aliphatic heterocycles. The molecule has 0 saturated carbocycles. The van der Waals surface area contributed by atoms with Crippen molar-refractivity contribution in [2.75, 3.05) is 13.1 Å². The van der Waals surface area contributed by atoms with Gasteiger partial charge in [0.25, 0.3) is 5.91 Å². The van der Waals surface area contributed by atoms with Gasteiger partial charge < -0.3 is 9.74 Å². The van der Waals surface area contributed by atoms with Gasteiger partial charge in [0.2, 0.25) is 0 Å². The van der Waals surface area contributed by atoms with Crippen molar-refractivity contribution >= 4 is 26.5 Å². The van der Waals surface area contributed by atoms with E-state index in [0.29, 0.717) is 0 Å². The Bertz CT molecular complexity index is 521. The van der Waals surface area contributed by atoms with Crippen LogP contribution in [0.15, 0.2) is 29.4 Å². The molecular formula is C15H17BrN2O2.